The highest BCUT2D eigenvalue weighted by atomic mass is 14.2. The standard InChI is InChI=1S/C44H28/c1-4-18-33-29(12-1)15-9-23-36(33)32-26-27-41-42(28-32)44(38-25-11-17-31-14-3-6-20-35(31)38)40-22-8-7-21-39(40)43(41)37-24-10-16-30-13-2-5-19-34(30)37/h1-28H/i2D,3D,5D,6D,7D,8D,10D,11D,13D,14D,16D,17D,19D,20D,21D,22D,24D,25D,26D,27D,28D. The smallest absolute Gasteiger partial charge is 0.0616 e. The predicted octanol–water partition coefficient (Wildman–Crippen LogP) is 12.5. The lowest BCUT2D eigenvalue weighted by Gasteiger charge is -2.20. The molecule has 0 radical (unpaired) electrons. The van der Waals surface area contributed by atoms with E-state index in [4.69, 9.17) is 19.2 Å². The average molecular weight is 578 g/mol. The molecule has 0 aliphatic heterocycles. The second kappa shape index (κ2) is 9.93. The summed E-state index contributed by atoms with van der Waals surface area (Å²) in [6, 6.07) is -5.12. The Hall–Kier alpha value is -5.72. The summed E-state index contributed by atoms with van der Waals surface area (Å²) in [7, 11) is 0. The van der Waals surface area contributed by atoms with Crippen molar-refractivity contribution >= 4 is 53.9 Å². The minimum absolute atomic E-state index is 0.215. The topological polar surface area (TPSA) is 0 Å². The normalized spacial score (nSPS) is 18.3. The van der Waals surface area contributed by atoms with E-state index in [2.05, 4.69) is 0 Å². The van der Waals surface area contributed by atoms with Crippen molar-refractivity contribution in [3.63, 3.8) is 0 Å². The largest absolute Gasteiger partial charge is 0.0636 e. The maximum atomic E-state index is 10.2. The van der Waals surface area contributed by atoms with Crippen molar-refractivity contribution in [1.29, 1.82) is 0 Å². The molecule has 0 spiro atoms. The van der Waals surface area contributed by atoms with Crippen molar-refractivity contribution in [2.45, 2.75) is 0 Å². The third-order valence-corrected chi connectivity index (χ3v) is 7.68. The zero-order valence-electron chi connectivity index (χ0n) is 43.5. The summed E-state index contributed by atoms with van der Waals surface area (Å²) >= 11 is 0. The van der Waals surface area contributed by atoms with E-state index in [0.717, 1.165) is 0 Å². The highest BCUT2D eigenvalue weighted by Gasteiger charge is 2.20. The van der Waals surface area contributed by atoms with Crippen molar-refractivity contribution in [2.24, 2.45) is 0 Å². The summed E-state index contributed by atoms with van der Waals surface area (Å²) in [5, 5.41) is -3.23. The summed E-state index contributed by atoms with van der Waals surface area (Å²) in [6.45, 7) is 0. The fraction of sp³-hybridized carbons (Fsp3) is 0. The Bertz CT molecular complexity index is 3710. The molecule has 9 rings (SSSR count). The molecule has 0 aliphatic rings. The fourth-order valence-corrected chi connectivity index (χ4v) is 5.80. The minimum Gasteiger partial charge on any atom is -0.0616 e. The van der Waals surface area contributed by atoms with Gasteiger partial charge in [0.1, 0.15) is 0 Å². The van der Waals surface area contributed by atoms with Crippen LogP contribution in [0.2, 0.25) is 0 Å². The van der Waals surface area contributed by atoms with Crippen LogP contribution in [0.4, 0.5) is 0 Å². The van der Waals surface area contributed by atoms with Gasteiger partial charge in [-0.15, -0.1) is 0 Å². The molecule has 0 heteroatoms. The number of rotatable bonds is 3. The molecule has 0 aliphatic carbocycles. The van der Waals surface area contributed by atoms with Gasteiger partial charge in [0, 0.05) is 0 Å². The van der Waals surface area contributed by atoms with E-state index in [0.29, 0.717) is 10.8 Å². The van der Waals surface area contributed by atoms with Crippen molar-refractivity contribution in [2.75, 3.05) is 0 Å². The lowest BCUT2D eigenvalue weighted by atomic mass is 9.82. The zero-order valence-corrected chi connectivity index (χ0v) is 22.5. The first-order chi connectivity index (χ1) is 30.6. The summed E-state index contributed by atoms with van der Waals surface area (Å²) in [5.41, 5.74) is -2.26. The lowest BCUT2D eigenvalue weighted by molar-refractivity contribution is 1.66. The molecule has 0 fully saturated rings. The monoisotopic (exact) mass is 577 g/mol. The van der Waals surface area contributed by atoms with Crippen LogP contribution in [0.5, 0.6) is 0 Å². The molecule has 0 aromatic heterocycles. The predicted molar refractivity (Wildman–Crippen MR) is 190 cm³/mol. The Morgan fingerprint density at radius 1 is 0.318 bits per heavy atom. The van der Waals surface area contributed by atoms with Crippen LogP contribution in [0.25, 0.3) is 87.2 Å². The number of hydrogen-bond donors (Lipinski definition) is 0. The van der Waals surface area contributed by atoms with Crippen LogP contribution in [0.1, 0.15) is 28.8 Å². The van der Waals surface area contributed by atoms with Crippen molar-refractivity contribution in [3.8, 4) is 33.4 Å². The van der Waals surface area contributed by atoms with E-state index >= 15 is 0 Å². The summed E-state index contributed by atoms with van der Waals surface area (Å²) in [6.07, 6.45) is 0. The van der Waals surface area contributed by atoms with Crippen LogP contribution in [-0.4, -0.2) is 0 Å². The molecule has 0 unspecified atom stereocenters. The number of fused-ring (bicyclic) bond motifs is 5. The SMILES string of the molecule is [2H]c1c([2H])c([2H])c2c(-c3c4c([2H])c([2H])c([2H])c([2H])c4c(-c4c([2H])c([2H])c([2H])c5c([2H])c([2H])c([2H])c([2H])c45)c4c([2H])c(-c5cccc6ccccc56)c([2H])c([2H])c34)c([2H])c([2H])c([2H])c2c1[2H]. The molecule has 0 atom stereocenters. The van der Waals surface area contributed by atoms with Gasteiger partial charge in [-0.05, 0) is 93.3 Å². The lowest BCUT2D eigenvalue weighted by Crippen LogP contribution is -1.93. The first-order valence-corrected chi connectivity index (χ1v) is 13.6. The van der Waals surface area contributed by atoms with E-state index in [1.165, 1.54) is 0 Å². The van der Waals surface area contributed by atoms with E-state index in [1.807, 2.05) is 0 Å². The summed E-state index contributed by atoms with van der Waals surface area (Å²) in [4.78, 5) is 0. The number of hydrogen-bond acceptors (Lipinski definition) is 0. The highest BCUT2D eigenvalue weighted by Crippen LogP contribution is 2.47. The molecule has 44 heavy (non-hydrogen) atoms. The zero-order chi connectivity index (χ0) is 47.3. The molecule has 0 saturated carbocycles. The molecule has 0 bridgehead atoms. The van der Waals surface area contributed by atoms with Crippen LogP contribution in [-0.2, 0) is 0 Å². The van der Waals surface area contributed by atoms with E-state index in [1.54, 1.807) is 42.5 Å². The third kappa shape index (κ3) is 3.78. The highest BCUT2D eigenvalue weighted by molar-refractivity contribution is 6.25. The first kappa shape index (κ1) is 11.8. The molecule has 9 aromatic rings. The van der Waals surface area contributed by atoms with Gasteiger partial charge in [0.2, 0.25) is 0 Å². The summed E-state index contributed by atoms with van der Waals surface area (Å²) in [5.74, 6) is 0. The maximum Gasteiger partial charge on any atom is 0.0636 e. The Labute approximate surface area is 286 Å². The molecule has 0 amide bonds. The van der Waals surface area contributed by atoms with Gasteiger partial charge in [0.25, 0.3) is 0 Å². The fourth-order valence-electron chi connectivity index (χ4n) is 5.80. The molecular weight excluding hydrogens is 528 g/mol. The van der Waals surface area contributed by atoms with Crippen LogP contribution in [0, 0.1) is 0 Å². The van der Waals surface area contributed by atoms with Gasteiger partial charge in [-0.1, -0.05) is 163 Å². The quantitative estimate of drug-likeness (QED) is 0.183. The van der Waals surface area contributed by atoms with Crippen LogP contribution >= 0.6 is 0 Å². The second-order valence-electron chi connectivity index (χ2n) is 10.0. The molecule has 9 aromatic carbocycles. The van der Waals surface area contributed by atoms with Crippen LogP contribution in [0.3, 0.4) is 0 Å². The Morgan fingerprint density at radius 2 is 0.841 bits per heavy atom. The van der Waals surface area contributed by atoms with Crippen molar-refractivity contribution in [1.82, 2.24) is 0 Å². The Morgan fingerprint density at radius 3 is 1.52 bits per heavy atom. The van der Waals surface area contributed by atoms with E-state index < -0.39 is 192 Å². The molecule has 0 nitrogen and oxygen atoms in total. The van der Waals surface area contributed by atoms with Gasteiger partial charge in [0.05, 0.1) is 28.8 Å². The average Bonchev–Trinajstić information content (AvgIpc) is 3.29. The molecule has 0 saturated heterocycles. The molecular formula is C44H28. The van der Waals surface area contributed by atoms with Crippen molar-refractivity contribution < 1.29 is 28.8 Å². The van der Waals surface area contributed by atoms with Gasteiger partial charge in [-0.25, -0.2) is 0 Å². The maximum absolute atomic E-state index is 10.2. The number of benzene rings is 9. The van der Waals surface area contributed by atoms with Crippen LogP contribution < -0.4 is 0 Å². The van der Waals surface area contributed by atoms with Gasteiger partial charge >= 0.3 is 0 Å². The van der Waals surface area contributed by atoms with E-state index in [-0.39, 0.29) is 11.1 Å². The third-order valence-electron chi connectivity index (χ3n) is 7.68. The van der Waals surface area contributed by atoms with Gasteiger partial charge in [-0.2, -0.15) is 0 Å². The van der Waals surface area contributed by atoms with E-state index in [9.17, 15) is 9.60 Å². The van der Waals surface area contributed by atoms with Gasteiger partial charge < -0.3 is 0 Å². The van der Waals surface area contributed by atoms with Crippen LogP contribution in [0.15, 0.2) is 169 Å². The molecule has 204 valence electrons. The minimum atomic E-state index is -0.897. The molecule has 0 N–H and O–H groups in total. The summed E-state index contributed by atoms with van der Waals surface area (Å²) < 4.78 is 191. The van der Waals surface area contributed by atoms with Gasteiger partial charge in [0.15, 0.2) is 0 Å². The molecule has 0 heterocycles. The first-order valence-electron chi connectivity index (χ1n) is 24.1. The Kier molecular flexibility index (Phi) is 2.65. The Balaban J connectivity index is 1.74. The van der Waals surface area contributed by atoms with Crippen molar-refractivity contribution in [3.05, 3.63) is 169 Å². The van der Waals surface area contributed by atoms with Gasteiger partial charge in [-0.3, -0.25) is 0 Å². The second-order valence-corrected chi connectivity index (χ2v) is 10.0.